The van der Waals surface area contributed by atoms with Crippen molar-refractivity contribution in [3.63, 3.8) is 0 Å². The van der Waals surface area contributed by atoms with Crippen LogP contribution in [-0.2, 0) is 9.53 Å². The largest absolute Gasteiger partial charge is 0.449 e. The van der Waals surface area contributed by atoms with E-state index in [9.17, 15) is 4.79 Å². The van der Waals surface area contributed by atoms with E-state index in [0.29, 0.717) is 6.42 Å². The molecule has 0 bridgehead atoms. The lowest BCUT2D eigenvalue weighted by Gasteiger charge is -2.05. The molecule has 0 aliphatic heterocycles. The van der Waals surface area contributed by atoms with Gasteiger partial charge in [0.15, 0.2) is 6.61 Å². The fourth-order valence-electron chi connectivity index (χ4n) is 0.591. The second-order valence-corrected chi connectivity index (χ2v) is 2.69. The molecule has 0 rings (SSSR count). The van der Waals surface area contributed by atoms with E-state index < -0.39 is 5.97 Å². The Bertz CT molecular complexity index is 164. The van der Waals surface area contributed by atoms with Crippen LogP contribution in [0.1, 0.15) is 19.8 Å². The molecular weight excluding hydrogens is 162 g/mol. The maximum atomic E-state index is 10.8. The second-order valence-electron chi connectivity index (χ2n) is 2.07. The van der Waals surface area contributed by atoms with Gasteiger partial charge in [-0.2, -0.15) is 17.9 Å². The van der Waals surface area contributed by atoms with Gasteiger partial charge in [-0.05, 0) is 6.42 Å². The number of nitriles is 1. The summed E-state index contributed by atoms with van der Waals surface area (Å²) >= 11 is 3.99. The van der Waals surface area contributed by atoms with Crippen molar-refractivity contribution in [1.82, 2.24) is 0 Å². The van der Waals surface area contributed by atoms with Gasteiger partial charge in [-0.3, -0.25) is 4.79 Å². The van der Waals surface area contributed by atoms with Crippen LogP contribution in [0.4, 0.5) is 0 Å². The summed E-state index contributed by atoms with van der Waals surface area (Å²) in [5.41, 5.74) is 0. The number of carbonyl (C=O) groups excluding carboxylic acids is 1. The van der Waals surface area contributed by atoms with Gasteiger partial charge in [0, 0.05) is 0 Å². The molecule has 1 atom stereocenters. The molecule has 0 radical (unpaired) electrons. The number of esters is 1. The summed E-state index contributed by atoms with van der Waals surface area (Å²) in [7, 11) is 0. The Morgan fingerprint density at radius 1 is 1.82 bits per heavy atom. The van der Waals surface area contributed by atoms with Crippen LogP contribution < -0.4 is 0 Å². The van der Waals surface area contributed by atoms with Gasteiger partial charge in [0.05, 0.1) is 5.25 Å². The lowest BCUT2D eigenvalue weighted by atomic mass is 10.2. The maximum Gasteiger partial charge on any atom is 0.319 e. The van der Waals surface area contributed by atoms with Crippen LogP contribution in [0.25, 0.3) is 0 Å². The predicted octanol–water partition coefficient (Wildman–Crippen LogP) is 1.15. The summed E-state index contributed by atoms with van der Waals surface area (Å²) in [5, 5.41) is 7.69. The molecule has 0 aliphatic carbocycles. The van der Waals surface area contributed by atoms with Crippen LogP contribution >= 0.6 is 12.6 Å². The van der Waals surface area contributed by atoms with Gasteiger partial charge in [0.1, 0.15) is 6.07 Å². The highest BCUT2D eigenvalue weighted by atomic mass is 32.1. The number of carbonyl (C=O) groups is 1. The maximum absolute atomic E-state index is 10.8. The molecule has 4 heteroatoms. The zero-order chi connectivity index (χ0) is 8.69. The molecule has 62 valence electrons. The summed E-state index contributed by atoms with van der Waals surface area (Å²) in [6, 6.07) is 1.72. The quantitative estimate of drug-likeness (QED) is 0.512. The van der Waals surface area contributed by atoms with E-state index in [1.165, 1.54) is 0 Å². The average Bonchev–Trinajstić information content (AvgIpc) is 2.00. The number of hydrogen-bond donors (Lipinski definition) is 1. The van der Waals surface area contributed by atoms with Crippen LogP contribution in [0.2, 0.25) is 0 Å². The Hall–Kier alpha value is -0.690. The Morgan fingerprint density at radius 2 is 2.45 bits per heavy atom. The van der Waals surface area contributed by atoms with Crippen molar-refractivity contribution >= 4 is 18.6 Å². The zero-order valence-corrected chi connectivity index (χ0v) is 7.30. The highest BCUT2D eigenvalue weighted by molar-refractivity contribution is 7.81. The average molecular weight is 173 g/mol. The Balaban J connectivity index is 3.57. The minimum absolute atomic E-state index is 0.181. The first-order chi connectivity index (χ1) is 5.22. The number of ether oxygens (including phenoxy) is 1. The zero-order valence-electron chi connectivity index (χ0n) is 6.41. The van der Waals surface area contributed by atoms with Gasteiger partial charge in [0.2, 0.25) is 0 Å². The van der Waals surface area contributed by atoms with Crippen LogP contribution in [0.3, 0.4) is 0 Å². The molecular formula is C7H11NO2S. The molecule has 0 saturated heterocycles. The Morgan fingerprint density at radius 3 is 2.91 bits per heavy atom. The normalized spacial score (nSPS) is 11.7. The highest BCUT2D eigenvalue weighted by Crippen LogP contribution is 2.05. The third kappa shape index (κ3) is 4.68. The minimum atomic E-state index is -0.406. The van der Waals surface area contributed by atoms with Crippen molar-refractivity contribution < 1.29 is 9.53 Å². The SMILES string of the molecule is CCCC(S)C(=O)OCC#N. The minimum Gasteiger partial charge on any atom is -0.449 e. The van der Waals surface area contributed by atoms with E-state index in [0.717, 1.165) is 6.42 Å². The number of nitrogens with zero attached hydrogens (tertiary/aromatic N) is 1. The summed E-state index contributed by atoms with van der Waals surface area (Å²) < 4.78 is 4.53. The summed E-state index contributed by atoms with van der Waals surface area (Å²) in [6.45, 7) is 1.78. The summed E-state index contributed by atoms with van der Waals surface area (Å²) in [5.74, 6) is -0.406. The molecule has 0 aromatic rings. The standard InChI is InChI=1S/C7H11NO2S/c1-2-3-6(11)7(9)10-5-4-8/h6,11H,2-3,5H2,1H3. The molecule has 3 nitrogen and oxygen atoms in total. The van der Waals surface area contributed by atoms with E-state index >= 15 is 0 Å². The first kappa shape index (κ1) is 10.3. The summed E-state index contributed by atoms with van der Waals surface area (Å²) in [4.78, 5) is 10.8. The molecule has 0 amide bonds. The van der Waals surface area contributed by atoms with Crippen molar-refractivity contribution in [2.24, 2.45) is 0 Å². The van der Waals surface area contributed by atoms with Gasteiger partial charge < -0.3 is 4.74 Å². The van der Waals surface area contributed by atoms with E-state index in [1.54, 1.807) is 6.07 Å². The lowest BCUT2D eigenvalue weighted by Crippen LogP contribution is -2.17. The van der Waals surface area contributed by atoms with E-state index in [2.05, 4.69) is 17.4 Å². The number of rotatable bonds is 4. The fraction of sp³-hybridized carbons (Fsp3) is 0.714. The van der Waals surface area contributed by atoms with Crippen LogP contribution in [-0.4, -0.2) is 17.8 Å². The molecule has 0 heterocycles. The van der Waals surface area contributed by atoms with Crippen molar-refractivity contribution in [3.8, 4) is 6.07 Å². The molecule has 0 N–H and O–H groups in total. The molecule has 0 aromatic carbocycles. The summed E-state index contributed by atoms with van der Waals surface area (Å²) in [6.07, 6.45) is 1.57. The molecule has 0 fully saturated rings. The van der Waals surface area contributed by atoms with Crippen molar-refractivity contribution in [1.29, 1.82) is 5.26 Å². The molecule has 0 aliphatic rings. The second kappa shape index (κ2) is 6.05. The fourth-order valence-corrected chi connectivity index (χ4v) is 0.924. The smallest absolute Gasteiger partial charge is 0.319 e. The van der Waals surface area contributed by atoms with Crippen LogP contribution in [0.5, 0.6) is 0 Å². The van der Waals surface area contributed by atoms with Crippen molar-refractivity contribution in [2.75, 3.05) is 6.61 Å². The lowest BCUT2D eigenvalue weighted by molar-refractivity contribution is -0.141. The van der Waals surface area contributed by atoms with Gasteiger partial charge in [-0.25, -0.2) is 0 Å². The van der Waals surface area contributed by atoms with Gasteiger partial charge in [-0.1, -0.05) is 13.3 Å². The number of hydrogen-bond acceptors (Lipinski definition) is 4. The monoisotopic (exact) mass is 173 g/mol. The molecule has 0 spiro atoms. The predicted molar refractivity (Wildman–Crippen MR) is 44.3 cm³/mol. The Kier molecular flexibility index (Phi) is 5.67. The van der Waals surface area contributed by atoms with E-state index in [4.69, 9.17) is 5.26 Å². The topological polar surface area (TPSA) is 50.1 Å². The van der Waals surface area contributed by atoms with E-state index in [1.807, 2.05) is 6.92 Å². The van der Waals surface area contributed by atoms with Crippen LogP contribution in [0.15, 0.2) is 0 Å². The first-order valence-corrected chi connectivity index (χ1v) is 3.95. The third-order valence-electron chi connectivity index (χ3n) is 1.11. The van der Waals surface area contributed by atoms with Gasteiger partial charge >= 0.3 is 5.97 Å². The molecule has 0 saturated carbocycles. The van der Waals surface area contributed by atoms with E-state index in [-0.39, 0.29) is 11.9 Å². The van der Waals surface area contributed by atoms with Crippen LogP contribution in [0, 0.1) is 11.3 Å². The van der Waals surface area contributed by atoms with Crippen molar-refractivity contribution in [2.45, 2.75) is 25.0 Å². The van der Waals surface area contributed by atoms with Gasteiger partial charge in [-0.15, -0.1) is 0 Å². The molecule has 11 heavy (non-hydrogen) atoms. The van der Waals surface area contributed by atoms with Gasteiger partial charge in [0.25, 0.3) is 0 Å². The first-order valence-electron chi connectivity index (χ1n) is 3.44. The van der Waals surface area contributed by atoms with Crippen molar-refractivity contribution in [3.05, 3.63) is 0 Å². The Labute approximate surface area is 71.8 Å². The highest BCUT2D eigenvalue weighted by Gasteiger charge is 2.13. The third-order valence-corrected chi connectivity index (χ3v) is 1.58. The molecule has 1 unspecified atom stereocenters. The number of thiol groups is 1. The molecule has 0 aromatic heterocycles.